The van der Waals surface area contributed by atoms with Crippen LogP contribution in [0, 0.1) is 6.92 Å². The molecule has 0 radical (unpaired) electrons. The van der Waals surface area contributed by atoms with Gasteiger partial charge >= 0.3 is 0 Å². The summed E-state index contributed by atoms with van der Waals surface area (Å²) in [5.41, 5.74) is 4.56. The lowest BCUT2D eigenvalue weighted by Gasteiger charge is -2.26. The molecule has 1 aliphatic rings. The minimum Gasteiger partial charge on any atom is -0.365 e. The van der Waals surface area contributed by atoms with Gasteiger partial charge in [-0.25, -0.2) is 18.4 Å². The zero-order valence-electron chi connectivity index (χ0n) is 18.4. The number of carbonyl (C=O) groups excluding carboxylic acids is 1. The fraction of sp³-hybridized carbons (Fsp3) is 0.261. The van der Waals surface area contributed by atoms with E-state index >= 15 is 0 Å². The molecule has 1 aromatic carbocycles. The van der Waals surface area contributed by atoms with Crippen LogP contribution in [-0.2, 0) is 36.6 Å². The van der Waals surface area contributed by atoms with Crippen LogP contribution in [0.3, 0.4) is 0 Å². The summed E-state index contributed by atoms with van der Waals surface area (Å²) in [5, 5.41) is 3.76. The molecule has 1 aliphatic heterocycles. The van der Waals surface area contributed by atoms with Crippen LogP contribution >= 0.6 is 0 Å². The first kappa shape index (κ1) is 21.4. The zero-order chi connectivity index (χ0) is 23.2. The lowest BCUT2D eigenvalue weighted by Crippen LogP contribution is -2.35. The molecule has 170 valence electrons. The summed E-state index contributed by atoms with van der Waals surface area (Å²) in [5.74, 6) is -0.345. The molecule has 2 N–H and O–H groups in total. The topological polar surface area (TPSA) is 113 Å². The predicted molar refractivity (Wildman–Crippen MR) is 123 cm³/mol. The van der Waals surface area contributed by atoms with E-state index in [9.17, 15) is 13.2 Å². The van der Waals surface area contributed by atoms with Crippen LogP contribution in [0.2, 0.25) is 0 Å². The summed E-state index contributed by atoms with van der Waals surface area (Å²) in [7, 11) is -2.04. The second-order valence-electron chi connectivity index (χ2n) is 8.16. The van der Waals surface area contributed by atoms with Crippen molar-refractivity contribution >= 4 is 26.8 Å². The number of rotatable bonds is 5. The van der Waals surface area contributed by atoms with E-state index in [1.165, 1.54) is 16.7 Å². The normalized spacial score (nSPS) is 14.4. The number of fused-ring (bicyclic) bond motifs is 2. The molecule has 4 heterocycles. The molecule has 0 fully saturated rings. The molecule has 0 spiro atoms. The monoisotopic (exact) mass is 464 g/mol. The molecular weight excluding hydrogens is 440 g/mol. The Balaban J connectivity index is 1.38. The first-order valence-corrected chi connectivity index (χ1v) is 12.1. The van der Waals surface area contributed by atoms with Gasteiger partial charge in [0.1, 0.15) is 16.9 Å². The third kappa shape index (κ3) is 3.70. The Morgan fingerprint density at radius 3 is 2.97 bits per heavy atom. The molecule has 3 aromatic heterocycles. The number of nitrogens with zero attached hydrogens (tertiary/aromatic N) is 4. The highest BCUT2D eigenvalue weighted by atomic mass is 32.2. The second kappa shape index (κ2) is 8.13. The average molecular weight is 465 g/mol. The Labute approximate surface area is 191 Å². The van der Waals surface area contributed by atoms with Crippen molar-refractivity contribution in [1.82, 2.24) is 29.1 Å². The summed E-state index contributed by atoms with van der Waals surface area (Å²) < 4.78 is 29.9. The summed E-state index contributed by atoms with van der Waals surface area (Å²) in [6.45, 7) is 2.71. The summed E-state index contributed by atoms with van der Waals surface area (Å²) >= 11 is 0. The van der Waals surface area contributed by atoms with Crippen molar-refractivity contribution in [2.45, 2.75) is 31.3 Å². The minimum absolute atomic E-state index is 0.160. The lowest BCUT2D eigenvalue weighted by atomic mass is 10.1. The van der Waals surface area contributed by atoms with Crippen LogP contribution < -0.4 is 5.32 Å². The quantitative estimate of drug-likeness (QED) is 0.471. The maximum Gasteiger partial charge on any atom is 0.268 e. The van der Waals surface area contributed by atoms with Crippen LogP contribution in [0.15, 0.2) is 53.9 Å². The van der Waals surface area contributed by atoms with Gasteiger partial charge in [0.05, 0.1) is 5.52 Å². The van der Waals surface area contributed by atoms with Crippen molar-refractivity contribution in [1.29, 1.82) is 0 Å². The highest BCUT2D eigenvalue weighted by Crippen LogP contribution is 2.28. The first-order chi connectivity index (χ1) is 15.9. The summed E-state index contributed by atoms with van der Waals surface area (Å²) in [6, 6.07) is 9.05. The molecule has 9 nitrogen and oxygen atoms in total. The average Bonchev–Trinajstić information content (AvgIpc) is 3.41. The molecule has 10 heteroatoms. The molecule has 0 unspecified atom stereocenters. The highest BCUT2D eigenvalue weighted by molar-refractivity contribution is 7.89. The van der Waals surface area contributed by atoms with Gasteiger partial charge < -0.3 is 14.9 Å². The molecule has 0 bridgehead atoms. The molecule has 33 heavy (non-hydrogen) atoms. The lowest BCUT2D eigenvalue weighted by molar-refractivity contribution is 0.0942. The Morgan fingerprint density at radius 2 is 2.12 bits per heavy atom. The molecule has 1 amide bonds. The van der Waals surface area contributed by atoms with Crippen molar-refractivity contribution in [3.05, 3.63) is 77.3 Å². The summed E-state index contributed by atoms with van der Waals surface area (Å²) in [6.07, 6.45) is 5.67. The van der Waals surface area contributed by atoms with Crippen molar-refractivity contribution in [2.24, 2.45) is 7.05 Å². The fourth-order valence-corrected chi connectivity index (χ4v) is 5.99. The van der Waals surface area contributed by atoms with Gasteiger partial charge in [-0.15, -0.1) is 0 Å². The van der Waals surface area contributed by atoms with Crippen molar-refractivity contribution < 1.29 is 13.2 Å². The maximum absolute atomic E-state index is 13.4. The number of carbonyl (C=O) groups is 1. The van der Waals surface area contributed by atoms with E-state index in [2.05, 4.69) is 20.3 Å². The number of hydrogen-bond acceptors (Lipinski definition) is 5. The Hall–Kier alpha value is -3.50. The number of benzene rings is 1. The molecule has 0 atom stereocenters. The largest absolute Gasteiger partial charge is 0.365 e. The second-order valence-corrected chi connectivity index (χ2v) is 10.1. The van der Waals surface area contributed by atoms with Crippen LogP contribution in [0.1, 0.15) is 33.0 Å². The van der Waals surface area contributed by atoms with E-state index in [0.29, 0.717) is 30.9 Å². The number of H-pyrrole nitrogens is 1. The Bertz CT molecular complexity index is 1470. The van der Waals surface area contributed by atoms with Gasteiger partial charge in [-0.1, -0.05) is 12.1 Å². The van der Waals surface area contributed by atoms with E-state index in [-0.39, 0.29) is 17.3 Å². The van der Waals surface area contributed by atoms with Crippen LogP contribution in [-0.4, -0.2) is 44.7 Å². The van der Waals surface area contributed by atoms with Gasteiger partial charge in [0.25, 0.3) is 5.91 Å². The third-order valence-electron chi connectivity index (χ3n) is 6.31. The molecule has 0 aliphatic carbocycles. The van der Waals surface area contributed by atoms with Crippen LogP contribution in [0.25, 0.3) is 10.9 Å². The van der Waals surface area contributed by atoms with Gasteiger partial charge in [0, 0.05) is 62.3 Å². The van der Waals surface area contributed by atoms with Crippen molar-refractivity contribution in [3.8, 4) is 0 Å². The fourth-order valence-electron chi connectivity index (χ4n) is 4.30. The van der Waals surface area contributed by atoms with Crippen molar-refractivity contribution in [3.63, 3.8) is 0 Å². The van der Waals surface area contributed by atoms with Gasteiger partial charge in [-0.05, 0) is 36.2 Å². The smallest absolute Gasteiger partial charge is 0.268 e. The van der Waals surface area contributed by atoms with Crippen LogP contribution in [0.4, 0.5) is 0 Å². The van der Waals surface area contributed by atoms with Gasteiger partial charge in [-0.2, -0.15) is 4.31 Å². The molecular formula is C23H24N6O3S. The number of sulfonamides is 1. The zero-order valence-corrected chi connectivity index (χ0v) is 19.2. The molecule has 0 saturated heterocycles. The number of aromatic amines is 1. The number of hydrogen-bond donors (Lipinski definition) is 2. The number of nitrogens with one attached hydrogen (secondary N) is 2. The maximum atomic E-state index is 13.4. The molecule has 0 saturated carbocycles. The first-order valence-electron chi connectivity index (χ1n) is 10.6. The Morgan fingerprint density at radius 1 is 1.27 bits per heavy atom. The highest BCUT2D eigenvalue weighted by Gasteiger charge is 2.32. The minimum atomic E-state index is -3.74. The van der Waals surface area contributed by atoms with E-state index in [0.717, 1.165) is 27.7 Å². The molecule has 4 aromatic rings. The molecule has 5 rings (SSSR count). The summed E-state index contributed by atoms with van der Waals surface area (Å²) in [4.78, 5) is 24.6. The van der Waals surface area contributed by atoms with E-state index in [1.807, 2.05) is 30.5 Å². The number of aromatic nitrogens is 4. The third-order valence-corrected chi connectivity index (χ3v) is 8.27. The van der Waals surface area contributed by atoms with Gasteiger partial charge in [-0.3, -0.25) is 4.79 Å². The van der Waals surface area contributed by atoms with Gasteiger partial charge in [0.15, 0.2) is 0 Å². The van der Waals surface area contributed by atoms with Crippen molar-refractivity contribution in [2.75, 3.05) is 6.54 Å². The Kier molecular flexibility index (Phi) is 5.26. The van der Waals surface area contributed by atoms with E-state index in [1.54, 1.807) is 24.7 Å². The van der Waals surface area contributed by atoms with Gasteiger partial charge in [0.2, 0.25) is 10.0 Å². The number of amides is 1. The standard InChI is InChI=1S/C23H24N6O3S/c1-15-22(33(31,32)29-9-7-19-17(13-29)6-8-25-19)10-21(28(15)2)23(30)26-11-16-4-3-5-20-18(16)12-24-14-27-20/h3-6,8,10,12,14,25H,7,9,11,13H2,1-2H3,(H,26,30). The van der Waals surface area contributed by atoms with E-state index < -0.39 is 10.0 Å². The van der Waals surface area contributed by atoms with Crippen LogP contribution in [0.5, 0.6) is 0 Å². The SMILES string of the molecule is Cc1c(S(=O)(=O)N2CCc3[nH]ccc3C2)cc(C(=O)NCc2cccc3ncncc23)n1C. The predicted octanol–water partition coefficient (Wildman–Crippen LogP) is 2.28. The van der Waals surface area contributed by atoms with E-state index in [4.69, 9.17) is 0 Å².